The molecule has 0 aliphatic carbocycles. The van der Waals surface area contributed by atoms with E-state index in [0.717, 1.165) is 12.0 Å². The zero-order chi connectivity index (χ0) is 22.5. The van der Waals surface area contributed by atoms with Crippen LogP contribution < -0.4 is 10.1 Å². The average Bonchev–Trinajstić information content (AvgIpc) is 3.20. The first-order chi connectivity index (χ1) is 15.6. The van der Waals surface area contributed by atoms with Crippen molar-refractivity contribution in [3.8, 4) is 5.75 Å². The highest BCUT2D eigenvalue weighted by molar-refractivity contribution is 6.11. The second-order valence-electron chi connectivity index (χ2n) is 7.89. The maximum atomic E-state index is 13.1. The lowest BCUT2D eigenvalue weighted by Gasteiger charge is -2.26. The van der Waals surface area contributed by atoms with E-state index in [0.29, 0.717) is 54.6 Å². The first-order valence-electron chi connectivity index (χ1n) is 11.0. The van der Waals surface area contributed by atoms with Crippen molar-refractivity contribution in [3.63, 3.8) is 0 Å². The minimum atomic E-state index is -0.355. The van der Waals surface area contributed by atoms with Gasteiger partial charge in [0.2, 0.25) is 5.76 Å². The topological polar surface area (TPSA) is 81.0 Å². The second kappa shape index (κ2) is 9.87. The van der Waals surface area contributed by atoms with Crippen LogP contribution in [0.3, 0.4) is 0 Å². The van der Waals surface area contributed by atoms with E-state index in [-0.39, 0.29) is 24.2 Å². The van der Waals surface area contributed by atoms with Crippen molar-refractivity contribution in [2.45, 2.75) is 26.2 Å². The normalized spacial score (nSPS) is 14.9. The number of fused-ring (bicyclic) bond motifs is 1. The highest BCUT2D eigenvalue weighted by atomic mass is 16.5. The van der Waals surface area contributed by atoms with Crippen molar-refractivity contribution in [2.24, 2.45) is 0 Å². The van der Waals surface area contributed by atoms with E-state index in [1.165, 1.54) is 0 Å². The molecule has 7 nitrogen and oxygen atoms in total. The van der Waals surface area contributed by atoms with E-state index in [1.807, 2.05) is 42.5 Å². The summed E-state index contributed by atoms with van der Waals surface area (Å²) in [5, 5.41) is 3.53. The molecule has 2 amide bonds. The lowest BCUT2D eigenvalue weighted by molar-refractivity contribution is -0.118. The lowest BCUT2D eigenvalue weighted by Crippen LogP contribution is -2.40. The molecule has 32 heavy (non-hydrogen) atoms. The van der Waals surface area contributed by atoms with E-state index >= 15 is 0 Å². The number of anilines is 1. The van der Waals surface area contributed by atoms with Gasteiger partial charge in [0.1, 0.15) is 17.0 Å². The highest BCUT2D eigenvalue weighted by Crippen LogP contribution is 2.32. The lowest BCUT2D eigenvalue weighted by atomic mass is 9.98. The van der Waals surface area contributed by atoms with Gasteiger partial charge >= 0.3 is 0 Å². The molecule has 1 N–H and O–H groups in total. The van der Waals surface area contributed by atoms with Crippen molar-refractivity contribution in [3.05, 3.63) is 59.9 Å². The Kier molecular flexibility index (Phi) is 6.75. The van der Waals surface area contributed by atoms with Gasteiger partial charge in [0, 0.05) is 18.5 Å². The van der Waals surface area contributed by atoms with Gasteiger partial charge in [-0.05, 0) is 36.1 Å². The van der Waals surface area contributed by atoms with E-state index in [9.17, 15) is 9.59 Å². The second-order valence-corrected chi connectivity index (χ2v) is 7.89. The molecule has 3 aromatic rings. The smallest absolute Gasteiger partial charge is 0.291 e. The average molecular weight is 437 g/mol. The van der Waals surface area contributed by atoms with Crippen LogP contribution in [-0.4, -0.2) is 49.6 Å². The summed E-state index contributed by atoms with van der Waals surface area (Å²) < 4.78 is 17.0. The molecular weight excluding hydrogens is 408 g/mol. The molecule has 1 fully saturated rings. The van der Waals surface area contributed by atoms with Gasteiger partial charge in [0.05, 0.1) is 13.2 Å². The maximum Gasteiger partial charge on any atom is 0.291 e. The molecule has 1 aliphatic heterocycles. The van der Waals surface area contributed by atoms with Crippen LogP contribution in [0.25, 0.3) is 11.0 Å². The Labute approximate surface area is 187 Å². The molecule has 0 saturated carbocycles. The Morgan fingerprint density at radius 3 is 2.59 bits per heavy atom. The van der Waals surface area contributed by atoms with Crippen LogP contribution >= 0.6 is 0 Å². The van der Waals surface area contributed by atoms with Crippen molar-refractivity contribution >= 4 is 28.5 Å². The van der Waals surface area contributed by atoms with Gasteiger partial charge in [-0.3, -0.25) is 9.59 Å². The number of amides is 2. The number of hydrogen-bond acceptors (Lipinski definition) is 5. The predicted molar refractivity (Wildman–Crippen MR) is 122 cm³/mol. The third kappa shape index (κ3) is 4.62. The number of hydrogen-bond donors (Lipinski definition) is 1. The minimum absolute atomic E-state index is 0.126. The van der Waals surface area contributed by atoms with Gasteiger partial charge in [0.25, 0.3) is 11.8 Å². The summed E-state index contributed by atoms with van der Waals surface area (Å²) in [6, 6.07) is 15.0. The Morgan fingerprint density at radius 1 is 1.09 bits per heavy atom. The number of rotatable bonds is 7. The fourth-order valence-corrected chi connectivity index (χ4v) is 3.79. The molecule has 0 bridgehead atoms. The SMILES string of the molecule is CCC(C)c1ccccc1OCC(=O)Nc1c(C(=O)N2CCOCC2)oc2ccccc12. The third-order valence-corrected chi connectivity index (χ3v) is 5.77. The van der Waals surface area contributed by atoms with Crippen molar-refractivity contribution in [1.82, 2.24) is 4.90 Å². The molecule has 0 radical (unpaired) electrons. The summed E-state index contributed by atoms with van der Waals surface area (Å²) in [5.41, 5.74) is 1.99. The van der Waals surface area contributed by atoms with Crippen LogP contribution in [0.5, 0.6) is 5.75 Å². The Morgan fingerprint density at radius 2 is 1.81 bits per heavy atom. The van der Waals surface area contributed by atoms with E-state index < -0.39 is 0 Å². The molecule has 7 heteroatoms. The summed E-state index contributed by atoms with van der Waals surface area (Å²) in [7, 11) is 0. The summed E-state index contributed by atoms with van der Waals surface area (Å²) in [5.74, 6) is 0.527. The maximum absolute atomic E-state index is 13.1. The molecule has 0 spiro atoms. The summed E-state index contributed by atoms with van der Waals surface area (Å²) in [4.78, 5) is 27.6. The molecule has 1 unspecified atom stereocenters. The molecule has 2 aromatic carbocycles. The van der Waals surface area contributed by atoms with Gasteiger partial charge < -0.3 is 24.1 Å². The molecule has 2 heterocycles. The van der Waals surface area contributed by atoms with Crippen LogP contribution in [0.1, 0.15) is 42.3 Å². The van der Waals surface area contributed by atoms with Crippen LogP contribution in [0.2, 0.25) is 0 Å². The predicted octanol–water partition coefficient (Wildman–Crippen LogP) is 4.44. The van der Waals surface area contributed by atoms with Gasteiger partial charge in [-0.1, -0.05) is 44.2 Å². The fraction of sp³-hybridized carbons (Fsp3) is 0.360. The van der Waals surface area contributed by atoms with Gasteiger partial charge in [-0.2, -0.15) is 0 Å². The van der Waals surface area contributed by atoms with E-state index in [1.54, 1.807) is 11.0 Å². The number of benzene rings is 2. The van der Waals surface area contributed by atoms with Gasteiger partial charge in [-0.25, -0.2) is 0 Å². The monoisotopic (exact) mass is 436 g/mol. The molecule has 1 atom stereocenters. The quantitative estimate of drug-likeness (QED) is 0.592. The third-order valence-electron chi connectivity index (χ3n) is 5.77. The van der Waals surface area contributed by atoms with E-state index in [4.69, 9.17) is 13.9 Å². The van der Waals surface area contributed by atoms with Crippen molar-refractivity contribution in [1.29, 1.82) is 0 Å². The van der Waals surface area contributed by atoms with Gasteiger partial charge in [0.15, 0.2) is 6.61 Å². The minimum Gasteiger partial charge on any atom is -0.483 e. The van der Waals surface area contributed by atoms with Crippen LogP contribution in [0.15, 0.2) is 52.9 Å². The summed E-state index contributed by atoms with van der Waals surface area (Å²) in [6.07, 6.45) is 0.973. The zero-order valence-corrected chi connectivity index (χ0v) is 18.4. The molecule has 1 aromatic heterocycles. The fourth-order valence-electron chi connectivity index (χ4n) is 3.79. The Hall–Kier alpha value is -3.32. The Balaban J connectivity index is 1.54. The zero-order valence-electron chi connectivity index (χ0n) is 18.4. The molecular formula is C25H28N2O5. The van der Waals surface area contributed by atoms with Crippen molar-refractivity contribution in [2.75, 3.05) is 38.2 Å². The highest BCUT2D eigenvalue weighted by Gasteiger charge is 2.27. The molecule has 1 saturated heterocycles. The number of nitrogens with zero attached hydrogens (tertiary/aromatic N) is 1. The number of furan rings is 1. The number of ether oxygens (including phenoxy) is 2. The standard InChI is InChI=1S/C25H28N2O5/c1-3-17(2)18-8-4-6-10-20(18)31-16-22(28)26-23-19-9-5-7-11-21(19)32-24(23)25(29)27-12-14-30-15-13-27/h4-11,17H,3,12-16H2,1-2H3,(H,26,28). The number of carbonyl (C=O) groups is 2. The number of carbonyl (C=O) groups excluding carboxylic acids is 2. The summed E-state index contributed by atoms with van der Waals surface area (Å²) in [6.45, 7) is 6.01. The number of nitrogens with one attached hydrogen (secondary N) is 1. The largest absolute Gasteiger partial charge is 0.483 e. The van der Waals surface area contributed by atoms with Crippen LogP contribution in [-0.2, 0) is 9.53 Å². The van der Waals surface area contributed by atoms with Crippen molar-refractivity contribution < 1.29 is 23.5 Å². The molecule has 4 rings (SSSR count). The van der Waals surface area contributed by atoms with Crippen LogP contribution in [0, 0.1) is 0 Å². The van der Waals surface area contributed by atoms with E-state index in [2.05, 4.69) is 19.2 Å². The number of para-hydroxylation sites is 2. The molecule has 1 aliphatic rings. The van der Waals surface area contributed by atoms with Crippen LogP contribution in [0.4, 0.5) is 5.69 Å². The number of morpholine rings is 1. The first-order valence-corrected chi connectivity index (χ1v) is 11.0. The Bertz CT molecular complexity index is 1100. The molecule has 168 valence electrons. The first kappa shape index (κ1) is 21.9. The summed E-state index contributed by atoms with van der Waals surface area (Å²) >= 11 is 0. The van der Waals surface area contributed by atoms with Gasteiger partial charge in [-0.15, -0.1) is 0 Å².